The van der Waals surface area contributed by atoms with Crippen LogP contribution in [0.2, 0.25) is 0 Å². The van der Waals surface area contributed by atoms with Crippen LogP contribution in [-0.4, -0.2) is 49.3 Å². The summed E-state index contributed by atoms with van der Waals surface area (Å²) in [6.45, 7) is 7.75. The number of hydrogen-bond donors (Lipinski definition) is 1. The summed E-state index contributed by atoms with van der Waals surface area (Å²) in [5, 5.41) is 8.16. The van der Waals surface area contributed by atoms with Crippen LogP contribution in [0.25, 0.3) is 17.0 Å². The van der Waals surface area contributed by atoms with Crippen LogP contribution in [-0.2, 0) is 4.79 Å². The van der Waals surface area contributed by atoms with Gasteiger partial charge in [0.05, 0.1) is 12.8 Å². The van der Waals surface area contributed by atoms with E-state index >= 15 is 0 Å². The first kappa shape index (κ1) is 23.3. The summed E-state index contributed by atoms with van der Waals surface area (Å²) in [4.78, 5) is 14.8. The van der Waals surface area contributed by atoms with E-state index in [-0.39, 0.29) is 11.7 Å². The fraction of sp³-hybridized carbons (Fsp3) is 0.357. The second-order valence-electron chi connectivity index (χ2n) is 9.39. The molecule has 1 saturated carbocycles. The molecular formula is C28H30FN3O3. The molecule has 1 aliphatic heterocycles. The molecule has 5 rings (SSSR count). The fourth-order valence-electron chi connectivity index (χ4n) is 5.09. The van der Waals surface area contributed by atoms with Gasteiger partial charge in [-0.25, -0.2) is 4.39 Å². The van der Waals surface area contributed by atoms with Gasteiger partial charge in [-0.2, -0.15) is 0 Å². The van der Waals surface area contributed by atoms with Crippen molar-refractivity contribution in [2.75, 3.05) is 33.3 Å². The van der Waals surface area contributed by atoms with Crippen LogP contribution in [0.15, 0.2) is 65.2 Å². The summed E-state index contributed by atoms with van der Waals surface area (Å²) in [6, 6.07) is 12.2. The standard InChI is InChI=1S/C28H30FN3O3/c1-18-23(16-30-27(33)10-7-19-5-3-4-6-25(19)34-2)24(18)17-32-13-11-20(12-14-32)28-22-9-8-21(29)15-26(22)35-31-28/h3-10,15,20,23-24H,1,11-14,16-17H2,2H3,(H,30,33)/t23-,24-/m0/s1. The number of amides is 1. The minimum Gasteiger partial charge on any atom is -0.496 e. The molecule has 0 bridgehead atoms. The highest BCUT2D eigenvalue weighted by Crippen LogP contribution is 2.45. The Hall–Kier alpha value is -3.45. The van der Waals surface area contributed by atoms with E-state index in [4.69, 9.17) is 9.26 Å². The van der Waals surface area contributed by atoms with Crippen molar-refractivity contribution < 1.29 is 18.4 Å². The largest absolute Gasteiger partial charge is 0.496 e. The number of aromatic nitrogens is 1. The van der Waals surface area contributed by atoms with Gasteiger partial charge in [0.15, 0.2) is 5.58 Å². The van der Waals surface area contributed by atoms with Crippen molar-refractivity contribution in [2.45, 2.75) is 18.8 Å². The number of halogens is 1. The van der Waals surface area contributed by atoms with Crippen molar-refractivity contribution in [1.82, 2.24) is 15.4 Å². The van der Waals surface area contributed by atoms with Crippen molar-refractivity contribution in [3.63, 3.8) is 0 Å². The van der Waals surface area contributed by atoms with Crippen molar-refractivity contribution in [3.05, 3.63) is 77.8 Å². The highest BCUT2D eigenvalue weighted by Gasteiger charge is 2.43. The topological polar surface area (TPSA) is 67.6 Å². The number of para-hydroxylation sites is 1. The normalized spacial score (nSPS) is 21.0. The average molecular weight is 476 g/mol. The van der Waals surface area contributed by atoms with E-state index in [1.165, 1.54) is 17.7 Å². The maximum absolute atomic E-state index is 13.4. The van der Waals surface area contributed by atoms with Crippen molar-refractivity contribution in [3.8, 4) is 5.75 Å². The van der Waals surface area contributed by atoms with Crippen molar-refractivity contribution in [1.29, 1.82) is 0 Å². The van der Waals surface area contributed by atoms with Crippen LogP contribution in [0.4, 0.5) is 4.39 Å². The molecule has 2 fully saturated rings. The van der Waals surface area contributed by atoms with Gasteiger partial charge in [0.2, 0.25) is 5.91 Å². The lowest BCUT2D eigenvalue weighted by atomic mass is 9.91. The van der Waals surface area contributed by atoms with Crippen molar-refractivity contribution in [2.24, 2.45) is 11.8 Å². The van der Waals surface area contributed by atoms with Gasteiger partial charge in [-0.15, -0.1) is 0 Å². The Morgan fingerprint density at radius 1 is 1.26 bits per heavy atom. The summed E-state index contributed by atoms with van der Waals surface area (Å²) in [7, 11) is 1.62. The predicted octanol–water partition coefficient (Wildman–Crippen LogP) is 4.79. The first-order chi connectivity index (χ1) is 17.0. The molecule has 3 aromatic rings. The van der Waals surface area contributed by atoms with Gasteiger partial charge >= 0.3 is 0 Å². The number of piperidine rings is 1. The molecule has 1 amide bonds. The van der Waals surface area contributed by atoms with Crippen LogP contribution >= 0.6 is 0 Å². The number of nitrogens with one attached hydrogen (secondary N) is 1. The Balaban J connectivity index is 1.07. The summed E-state index contributed by atoms with van der Waals surface area (Å²) in [5.41, 5.74) is 3.54. The van der Waals surface area contributed by atoms with Gasteiger partial charge in [-0.05, 0) is 50.2 Å². The van der Waals surface area contributed by atoms with Gasteiger partial charge < -0.3 is 19.5 Å². The number of rotatable bonds is 8. The quantitative estimate of drug-likeness (QED) is 0.375. The molecule has 6 nitrogen and oxygen atoms in total. The third kappa shape index (κ3) is 5.15. The number of likely N-dealkylation sites (tertiary alicyclic amines) is 1. The van der Waals surface area contributed by atoms with E-state index in [0.717, 1.165) is 54.9 Å². The molecule has 1 saturated heterocycles. The first-order valence-electron chi connectivity index (χ1n) is 12.1. The Kier molecular flexibility index (Phi) is 6.68. The van der Waals surface area contributed by atoms with E-state index in [1.807, 2.05) is 24.3 Å². The monoisotopic (exact) mass is 475 g/mol. The molecular weight excluding hydrogens is 445 g/mol. The lowest BCUT2D eigenvalue weighted by molar-refractivity contribution is -0.116. The molecule has 1 N–H and O–H groups in total. The van der Waals surface area contributed by atoms with Gasteiger partial charge in [-0.1, -0.05) is 35.5 Å². The van der Waals surface area contributed by atoms with Crippen molar-refractivity contribution >= 4 is 23.0 Å². The fourth-order valence-corrected chi connectivity index (χ4v) is 5.09. The van der Waals surface area contributed by atoms with E-state index < -0.39 is 0 Å². The highest BCUT2D eigenvalue weighted by molar-refractivity contribution is 5.92. The van der Waals surface area contributed by atoms with Crippen LogP contribution < -0.4 is 10.1 Å². The summed E-state index contributed by atoms with van der Waals surface area (Å²) >= 11 is 0. The van der Waals surface area contributed by atoms with Crippen LogP contribution in [0, 0.1) is 17.7 Å². The second-order valence-corrected chi connectivity index (χ2v) is 9.39. The summed E-state index contributed by atoms with van der Waals surface area (Å²) < 4.78 is 24.1. The third-order valence-corrected chi connectivity index (χ3v) is 7.27. The Morgan fingerprint density at radius 3 is 2.86 bits per heavy atom. The maximum atomic E-state index is 13.4. The number of carbonyl (C=O) groups is 1. The lowest BCUT2D eigenvalue weighted by Crippen LogP contribution is -2.35. The molecule has 7 heteroatoms. The smallest absolute Gasteiger partial charge is 0.244 e. The minimum absolute atomic E-state index is 0.116. The van der Waals surface area contributed by atoms with Gasteiger partial charge in [-0.3, -0.25) is 4.79 Å². The molecule has 1 aliphatic carbocycles. The van der Waals surface area contributed by atoms with Crippen LogP contribution in [0.3, 0.4) is 0 Å². The van der Waals surface area contributed by atoms with Gasteiger partial charge in [0, 0.05) is 53.9 Å². The molecule has 35 heavy (non-hydrogen) atoms. The second kappa shape index (κ2) is 10.0. The van der Waals surface area contributed by atoms with E-state index in [0.29, 0.717) is 29.9 Å². The number of benzene rings is 2. The summed E-state index contributed by atoms with van der Waals surface area (Å²) in [5.74, 6) is 1.38. The van der Waals surface area contributed by atoms with Crippen LogP contribution in [0.5, 0.6) is 5.75 Å². The third-order valence-electron chi connectivity index (χ3n) is 7.27. The number of carbonyl (C=O) groups excluding carboxylic acids is 1. The zero-order valence-corrected chi connectivity index (χ0v) is 19.9. The number of fused-ring (bicyclic) bond motifs is 1. The minimum atomic E-state index is -0.308. The van der Waals surface area contributed by atoms with E-state index in [1.54, 1.807) is 25.3 Å². The zero-order valence-electron chi connectivity index (χ0n) is 19.9. The Morgan fingerprint density at radius 2 is 2.06 bits per heavy atom. The SMILES string of the molecule is C=C1[C@H](CNC(=O)C=Cc2ccccc2OC)[C@H]1CN1CCC(c2noc3cc(F)ccc23)CC1. The zero-order chi connectivity index (χ0) is 24.4. The average Bonchev–Trinajstić information content (AvgIpc) is 3.28. The molecule has 2 atom stereocenters. The number of hydrogen-bond acceptors (Lipinski definition) is 5. The molecule has 0 radical (unpaired) electrons. The van der Waals surface area contributed by atoms with Crippen LogP contribution in [0.1, 0.15) is 30.0 Å². The Bertz CT molecular complexity index is 1260. The molecule has 2 heterocycles. The van der Waals surface area contributed by atoms with Gasteiger partial charge in [0.25, 0.3) is 0 Å². The predicted molar refractivity (Wildman–Crippen MR) is 134 cm³/mol. The lowest BCUT2D eigenvalue weighted by Gasteiger charge is -2.31. The Labute approximate surface area is 204 Å². The maximum Gasteiger partial charge on any atom is 0.244 e. The molecule has 1 aromatic heterocycles. The van der Waals surface area contributed by atoms with E-state index in [2.05, 4.69) is 22.0 Å². The highest BCUT2D eigenvalue weighted by atomic mass is 19.1. The molecule has 2 aliphatic rings. The first-order valence-corrected chi connectivity index (χ1v) is 12.1. The molecule has 0 unspecified atom stereocenters. The van der Waals surface area contributed by atoms with E-state index in [9.17, 15) is 9.18 Å². The molecule has 2 aromatic carbocycles. The van der Waals surface area contributed by atoms with Gasteiger partial charge in [0.1, 0.15) is 11.6 Å². The number of methoxy groups -OCH3 is 1. The summed E-state index contributed by atoms with van der Waals surface area (Å²) in [6.07, 6.45) is 5.30. The molecule has 0 spiro atoms. The molecule has 182 valence electrons. The number of ether oxygens (including phenoxy) is 1. The number of nitrogens with zero attached hydrogens (tertiary/aromatic N) is 2.